The number of benzene rings is 1. The summed E-state index contributed by atoms with van der Waals surface area (Å²) >= 11 is 2.70. The molecular formula is C26H28N4O6S2. The van der Waals surface area contributed by atoms with E-state index in [2.05, 4.69) is 14.9 Å². The molecule has 200 valence electrons. The van der Waals surface area contributed by atoms with Crippen molar-refractivity contribution < 1.29 is 28.6 Å². The molecule has 0 saturated carbocycles. The molecule has 2 amide bonds. The first kappa shape index (κ1) is 27.4. The van der Waals surface area contributed by atoms with E-state index in [0.29, 0.717) is 17.1 Å². The van der Waals surface area contributed by atoms with Gasteiger partial charge in [0.2, 0.25) is 0 Å². The van der Waals surface area contributed by atoms with E-state index >= 15 is 0 Å². The number of amides is 2. The molecule has 2 atom stereocenters. The zero-order chi connectivity index (χ0) is 27.3. The van der Waals surface area contributed by atoms with Crippen LogP contribution in [0.25, 0.3) is 6.08 Å². The molecule has 0 bridgehead atoms. The average molecular weight is 557 g/mol. The lowest BCUT2D eigenvalue weighted by Gasteiger charge is -2.49. The second-order valence-corrected chi connectivity index (χ2v) is 11.1. The summed E-state index contributed by atoms with van der Waals surface area (Å²) in [6.45, 7) is 5.26. The highest BCUT2D eigenvalue weighted by molar-refractivity contribution is 8.00. The van der Waals surface area contributed by atoms with Gasteiger partial charge in [0.25, 0.3) is 5.91 Å². The van der Waals surface area contributed by atoms with Crippen LogP contribution in [0.2, 0.25) is 0 Å². The first-order chi connectivity index (χ1) is 18.2. The standard InChI is InChI=1S/C26H28N4O6S2/c1-26(2,3)36-25(33)27-20-22(31)30-21(24(32)35-13-16-9-11-19(34-4)12-10-16)17(14-37-23(20)30)7-5-6-8-18-15-38-29-28-18/h5-12,15,20,23H,13-14H2,1-4H3,(H,27,33)/b7-5+,8-6+/t20-,23-/m1/s1. The minimum atomic E-state index is -0.804. The molecule has 1 aromatic heterocycles. The van der Waals surface area contributed by atoms with Gasteiger partial charge in [-0.25, -0.2) is 9.59 Å². The van der Waals surface area contributed by atoms with E-state index in [1.54, 1.807) is 76.5 Å². The van der Waals surface area contributed by atoms with E-state index in [1.807, 2.05) is 5.38 Å². The highest BCUT2D eigenvalue weighted by Crippen LogP contribution is 2.41. The van der Waals surface area contributed by atoms with Crippen LogP contribution in [0.4, 0.5) is 4.79 Å². The van der Waals surface area contributed by atoms with Crippen molar-refractivity contribution in [3.8, 4) is 5.75 Å². The lowest BCUT2D eigenvalue weighted by atomic mass is 10.0. The minimum Gasteiger partial charge on any atom is -0.497 e. The normalized spacial score (nSPS) is 19.4. The molecule has 1 N–H and O–H groups in total. The summed E-state index contributed by atoms with van der Waals surface area (Å²) in [4.78, 5) is 40.1. The fraction of sp³-hybridized carbons (Fsp3) is 0.346. The van der Waals surface area contributed by atoms with Crippen LogP contribution in [0, 0.1) is 0 Å². The summed E-state index contributed by atoms with van der Waals surface area (Å²) in [5.74, 6) is 0.108. The smallest absolute Gasteiger partial charge is 0.408 e. The fourth-order valence-corrected chi connectivity index (χ4v) is 5.44. The zero-order valence-electron chi connectivity index (χ0n) is 21.4. The Morgan fingerprint density at radius 1 is 1.18 bits per heavy atom. The number of thioether (sulfide) groups is 1. The van der Waals surface area contributed by atoms with Crippen LogP contribution >= 0.6 is 23.3 Å². The van der Waals surface area contributed by atoms with Crippen LogP contribution in [0.15, 0.2) is 59.1 Å². The SMILES string of the molecule is COc1ccc(COC(=O)C2=C(/C=C/C=C/c3csnn3)CS[C@@H]3[C@H](NC(=O)OC(C)(C)C)C(=O)N23)cc1. The van der Waals surface area contributed by atoms with Gasteiger partial charge in [-0.15, -0.1) is 16.9 Å². The molecule has 3 heterocycles. The summed E-state index contributed by atoms with van der Waals surface area (Å²) < 4.78 is 19.9. The third-order valence-electron chi connectivity index (χ3n) is 5.44. The molecule has 0 spiro atoms. The zero-order valence-corrected chi connectivity index (χ0v) is 23.0. The molecule has 1 aromatic carbocycles. The lowest BCUT2D eigenvalue weighted by molar-refractivity contribution is -0.152. The van der Waals surface area contributed by atoms with Crippen molar-refractivity contribution in [3.05, 3.63) is 70.4 Å². The summed E-state index contributed by atoms with van der Waals surface area (Å²) in [7, 11) is 1.58. The number of carbonyl (C=O) groups excluding carboxylic acids is 3. The number of rotatable bonds is 8. The molecule has 10 nitrogen and oxygen atoms in total. The largest absolute Gasteiger partial charge is 0.497 e. The van der Waals surface area contributed by atoms with Gasteiger partial charge in [0.1, 0.15) is 35.1 Å². The number of fused-ring (bicyclic) bond motifs is 1. The van der Waals surface area contributed by atoms with Gasteiger partial charge in [-0.05, 0) is 61.6 Å². The number of esters is 1. The Morgan fingerprint density at radius 3 is 2.58 bits per heavy atom. The second kappa shape index (κ2) is 11.8. The number of β-lactam (4-membered cyclic amide) rings is 1. The maximum atomic E-state index is 13.3. The molecule has 2 aliphatic rings. The average Bonchev–Trinajstić information content (AvgIpc) is 3.41. The Bertz CT molecular complexity index is 1270. The number of methoxy groups -OCH3 is 1. The molecule has 12 heteroatoms. The number of alkyl carbamates (subject to hydrolysis) is 1. The van der Waals surface area contributed by atoms with Gasteiger partial charge in [0.05, 0.1) is 12.8 Å². The molecule has 2 aliphatic heterocycles. The third-order valence-corrected chi connectivity index (χ3v) is 7.27. The van der Waals surface area contributed by atoms with Crippen LogP contribution in [0.3, 0.4) is 0 Å². The quantitative estimate of drug-likeness (QED) is 0.293. The number of nitrogens with zero attached hydrogens (tertiary/aromatic N) is 3. The first-order valence-corrected chi connectivity index (χ1v) is 13.6. The van der Waals surface area contributed by atoms with Crippen molar-refractivity contribution in [3.63, 3.8) is 0 Å². The van der Waals surface area contributed by atoms with E-state index in [4.69, 9.17) is 14.2 Å². The maximum Gasteiger partial charge on any atom is 0.408 e. The predicted molar refractivity (Wildman–Crippen MR) is 144 cm³/mol. The number of carbonyl (C=O) groups is 3. The highest BCUT2D eigenvalue weighted by atomic mass is 32.2. The Labute approximate surface area is 228 Å². The topological polar surface area (TPSA) is 120 Å². The molecule has 38 heavy (non-hydrogen) atoms. The van der Waals surface area contributed by atoms with E-state index < -0.39 is 35.0 Å². The maximum absolute atomic E-state index is 13.3. The summed E-state index contributed by atoms with van der Waals surface area (Å²) in [5.41, 5.74) is 1.59. The lowest BCUT2D eigenvalue weighted by Crippen LogP contribution is -2.70. The van der Waals surface area contributed by atoms with Crippen LogP contribution < -0.4 is 10.1 Å². The van der Waals surface area contributed by atoms with Gasteiger partial charge >= 0.3 is 12.1 Å². The molecule has 2 aromatic rings. The molecule has 0 radical (unpaired) electrons. The van der Waals surface area contributed by atoms with Crippen molar-refractivity contribution in [2.75, 3.05) is 12.9 Å². The second-order valence-electron chi connectivity index (χ2n) is 9.38. The van der Waals surface area contributed by atoms with E-state index in [0.717, 1.165) is 11.3 Å². The van der Waals surface area contributed by atoms with E-state index in [9.17, 15) is 14.4 Å². The van der Waals surface area contributed by atoms with Gasteiger partial charge in [0, 0.05) is 11.1 Å². The molecule has 1 fully saturated rings. The van der Waals surface area contributed by atoms with Crippen molar-refractivity contribution in [1.82, 2.24) is 19.8 Å². The number of allylic oxidation sites excluding steroid dienone is 3. The van der Waals surface area contributed by atoms with Gasteiger partial charge in [0.15, 0.2) is 0 Å². The van der Waals surface area contributed by atoms with Gasteiger partial charge in [-0.1, -0.05) is 34.8 Å². The van der Waals surface area contributed by atoms with Crippen molar-refractivity contribution in [2.24, 2.45) is 0 Å². The number of hydrogen-bond donors (Lipinski definition) is 1. The molecule has 4 rings (SSSR count). The van der Waals surface area contributed by atoms with Gasteiger partial charge < -0.3 is 19.5 Å². The molecule has 0 aliphatic carbocycles. The van der Waals surface area contributed by atoms with E-state index in [-0.39, 0.29) is 12.3 Å². The minimum absolute atomic E-state index is 0.0273. The van der Waals surface area contributed by atoms with Crippen molar-refractivity contribution in [2.45, 2.75) is 44.4 Å². The summed E-state index contributed by atoms with van der Waals surface area (Å²) in [6.07, 6.45) is 6.43. The van der Waals surface area contributed by atoms with Crippen LogP contribution in [-0.4, -0.2) is 62.3 Å². The fourth-order valence-electron chi connectivity index (χ4n) is 3.70. The van der Waals surface area contributed by atoms with Crippen LogP contribution in [0.1, 0.15) is 32.0 Å². The highest BCUT2D eigenvalue weighted by Gasteiger charge is 2.54. The third kappa shape index (κ3) is 6.62. The first-order valence-electron chi connectivity index (χ1n) is 11.8. The van der Waals surface area contributed by atoms with Crippen molar-refractivity contribution >= 4 is 47.3 Å². The Hall–Kier alpha value is -3.64. The van der Waals surface area contributed by atoms with E-state index in [1.165, 1.54) is 28.2 Å². The van der Waals surface area contributed by atoms with Crippen LogP contribution in [-0.2, 0) is 25.7 Å². The summed E-state index contributed by atoms with van der Waals surface area (Å²) in [6, 6.07) is 6.35. The number of aromatic nitrogens is 2. The number of hydrogen-bond acceptors (Lipinski definition) is 10. The van der Waals surface area contributed by atoms with Gasteiger partial charge in [-0.3, -0.25) is 9.69 Å². The molecule has 1 saturated heterocycles. The predicted octanol–water partition coefficient (Wildman–Crippen LogP) is 3.92. The Kier molecular flexibility index (Phi) is 8.52. The van der Waals surface area contributed by atoms with Crippen molar-refractivity contribution in [1.29, 1.82) is 0 Å². The number of nitrogens with one attached hydrogen (secondary N) is 1. The molecular weight excluding hydrogens is 528 g/mol. The summed E-state index contributed by atoms with van der Waals surface area (Å²) in [5, 5.41) is 7.94. The Morgan fingerprint density at radius 2 is 1.92 bits per heavy atom. The Balaban J connectivity index is 1.52. The number of ether oxygens (including phenoxy) is 3. The van der Waals surface area contributed by atoms with Crippen LogP contribution in [0.5, 0.6) is 5.75 Å². The molecule has 0 unspecified atom stereocenters. The van der Waals surface area contributed by atoms with Gasteiger partial charge in [-0.2, -0.15) is 0 Å². The monoisotopic (exact) mass is 556 g/mol.